The molecule has 0 radical (unpaired) electrons. The molecule has 2 heterocycles. The number of rotatable bonds is 4. The topological polar surface area (TPSA) is 87.2 Å². The highest BCUT2D eigenvalue weighted by molar-refractivity contribution is 7.87. The summed E-state index contributed by atoms with van der Waals surface area (Å²) >= 11 is 4.31. The van der Waals surface area contributed by atoms with Crippen molar-refractivity contribution in [3.63, 3.8) is 0 Å². The first kappa shape index (κ1) is 18.1. The van der Waals surface area contributed by atoms with Gasteiger partial charge in [-0.05, 0) is 6.42 Å². The van der Waals surface area contributed by atoms with Gasteiger partial charge in [0.05, 0.1) is 6.54 Å². The Labute approximate surface area is 141 Å². The van der Waals surface area contributed by atoms with E-state index in [0.29, 0.717) is 13.0 Å². The van der Waals surface area contributed by atoms with E-state index < -0.39 is 28.3 Å². The summed E-state index contributed by atoms with van der Waals surface area (Å²) < 4.78 is 31.7. The quantitative estimate of drug-likeness (QED) is 0.565. The number of hydrogen-bond donors (Lipinski definition) is 1. The maximum Gasteiger partial charge on any atom is 0.410 e. The third-order valence-electron chi connectivity index (χ3n) is 3.88. The normalized spacial score (nSPS) is 27.2. The Morgan fingerprint density at radius 2 is 2.09 bits per heavy atom. The number of ether oxygens (including phenoxy) is 1. The molecule has 0 aromatic carbocycles. The minimum absolute atomic E-state index is 0.0269. The van der Waals surface area contributed by atoms with E-state index in [-0.39, 0.29) is 31.5 Å². The smallest absolute Gasteiger partial charge is 0.410 e. The summed E-state index contributed by atoms with van der Waals surface area (Å²) in [5.74, 6) is -0.604. The third-order valence-corrected chi connectivity index (χ3v) is 6.27. The first-order valence-electron chi connectivity index (χ1n) is 7.37. The molecule has 0 bridgehead atoms. The van der Waals surface area contributed by atoms with Crippen molar-refractivity contribution in [1.82, 2.24) is 13.5 Å². The molecule has 2 aliphatic rings. The molecular formula is C13H21N3O5S2. The number of thiol groups is 1. The SMILES string of the molecule is C=CCOC(=O)N1C[C@@H](S)C[C@H]1C(=O)N1CCN(CC)S1(=O)=O. The van der Waals surface area contributed by atoms with Crippen molar-refractivity contribution in [2.45, 2.75) is 24.6 Å². The zero-order chi connectivity index (χ0) is 17.2. The Kier molecular flexibility index (Phi) is 5.58. The van der Waals surface area contributed by atoms with Crippen LogP contribution >= 0.6 is 12.6 Å². The van der Waals surface area contributed by atoms with Crippen LogP contribution in [0.1, 0.15) is 13.3 Å². The van der Waals surface area contributed by atoms with Gasteiger partial charge in [0.2, 0.25) is 0 Å². The molecule has 8 nitrogen and oxygen atoms in total. The van der Waals surface area contributed by atoms with Gasteiger partial charge in [0.15, 0.2) is 0 Å². The van der Waals surface area contributed by atoms with Crippen LogP contribution in [0.5, 0.6) is 0 Å². The van der Waals surface area contributed by atoms with Crippen molar-refractivity contribution >= 4 is 34.8 Å². The summed E-state index contributed by atoms with van der Waals surface area (Å²) in [4.78, 5) is 26.0. The minimum atomic E-state index is -3.80. The van der Waals surface area contributed by atoms with Gasteiger partial charge in [-0.2, -0.15) is 25.4 Å². The van der Waals surface area contributed by atoms with E-state index in [4.69, 9.17) is 4.74 Å². The molecule has 10 heteroatoms. The number of carbonyl (C=O) groups is 2. The van der Waals surface area contributed by atoms with Crippen LogP contribution in [0.15, 0.2) is 12.7 Å². The first-order valence-corrected chi connectivity index (χ1v) is 9.28. The lowest BCUT2D eigenvalue weighted by Gasteiger charge is -2.26. The Hall–Kier alpha value is -1.26. The second kappa shape index (κ2) is 7.10. The predicted molar refractivity (Wildman–Crippen MR) is 87.3 cm³/mol. The van der Waals surface area contributed by atoms with Gasteiger partial charge < -0.3 is 4.74 Å². The summed E-state index contributed by atoms with van der Waals surface area (Å²) in [6.45, 7) is 6.10. The van der Waals surface area contributed by atoms with E-state index in [9.17, 15) is 18.0 Å². The molecule has 2 amide bonds. The fraction of sp³-hybridized carbons (Fsp3) is 0.692. The van der Waals surface area contributed by atoms with Gasteiger partial charge in [-0.15, -0.1) is 0 Å². The maximum absolute atomic E-state index is 12.7. The van der Waals surface area contributed by atoms with E-state index in [2.05, 4.69) is 19.2 Å². The number of likely N-dealkylation sites (tertiary alicyclic amines) is 1. The van der Waals surface area contributed by atoms with E-state index >= 15 is 0 Å². The fourth-order valence-electron chi connectivity index (χ4n) is 2.75. The average Bonchev–Trinajstić information content (AvgIpc) is 3.03. The summed E-state index contributed by atoms with van der Waals surface area (Å²) in [5, 5.41) is -0.201. The van der Waals surface area contributed by atoms with Crippen molar-refractivity contribution in [3.8, 4) is 0 Å². The summed E-state index contributed by atoms with van der Waals surface area (Å²) in [5.41, 5.74) is 0. The largest absolute Gasteiger partial charge is 0.445 e. The Bertz CT molecular complexity index is 594. The predicted octanol–water partition coefficient (Wildman–Crippen LogP) is 0.0906. The highest BCUT2D eigenvalue weighted by Crippen LogP contribution is 2.27. The number of hydrogen-bond acceptors (Lipinski definition) is 6. The van der Waals surface area contributed by atoms with Gasteiger partial charge in [-0.25, -0.2) is 9.10 Å². The molecule has 23 heavy (non-hydrogen) atoms. The van der Waals surface area contributed by atoms with Crippen LogP contribution in [0.2, 0.25) is 0 Å². The number of nitrogens with zero attached hydrogens (tertiary/aromatic N) is 3. The summed E-state index contributed by atoms with van der Waals surface area (Å²) in [6, 6.07) is -0.874. The van der Waals surface area contributed by atoms with Crippen LogP contribution in [-0.2, 0) is 19.7 Å². The minimum Gasteiger partial charge on any atom is -0.445 e. The lowest BCUT2D eigenvalue weighted by molar-refractivity contribution is -0.130. The van der Waals surface area contributed by atoms with Gasteiger partial charge in [0, 0.05) is 24.9 Å². The molecule has 0 saturated carbocycles. The second-order valence-electron chi connectivity index (χ2n) is 5.33. The van der Waals surface area contributed by atoms with Gasteiger partial charge in [0.25, 0.3) is 5.91 Å². The van der Waals surface area contributed by atoms with E-state index in [1.54, 1.807) is 6.92 Å². The fourth-order valence-corrected chi connectivity index (χ4v) is 4.70. The van der Waals surface area contributed by atoms with Crippen molar-refractivity contribution in [1.29, 1.82) is 0 Å². The van der Waals surface area contributed by atoms with Gasteiger partial charge in [-0.1, -0.05) is 19.6 Å². The average molecular weight is 363 g/mol. The lowest BCUT2D eigenvalue weighted by atomic mass is 10.2. The van der Waals surface area contributed by atoms with Crippen LogP contribution in [0.25, 0.3) is 0 Å². The number of amides is 2. The third kappa shape index (κ3) is 3.48. The van der Waals surface area contributed by atoms with Gasteiger partial charge in [-0.3, -0.25) is 9.69 Å². The molecule has 130 valence electrons. The van der Waals surface area contributed by atoms with Gasteiger partial charge in [0.1, 0.15) is 12.6 Å². The highest BCUT2D eigenvalue weighted by Gasteiger charge is 2.47. The van der Waals surface area contributed by atoms with E-state index in [1.807, 2.05) is 0 Å². The molecule has 2 atom stereocenters. The maximum atomic E-state index is 12.7. The molecule has 0 aromatic heterocycles. The van der Waals surface area contributed by atoms with Crippen LogP contribution in [0.4, 0.5) is 4.79 Å². The van der Waals surface area contributed by atoms with E-state index in [0.717, 1.165) is 4.31 Å². The molecule has 0 aromatic rings. The van der Waals surface area contributed by atoms with Crippen molar-refractivity contribution in [2.75, 3.05) is 32.8 Å². The van der Waals surface area contributed by atoms with Crippen LogP contribution in [0.3, 0.4) is 0 Å². The number of likely N-dealkylation sites (N-methyl/N-ethyl adjacent to an activating group) is 1. The molecule has 2 saturated heterocycles. The lowest BCUT2D eigenvalue weighted by Crippen LogP contribution is -2.49. The Balaban J connectivity index is 2.17. The molecule has 0 unspecified atom stereocenters. The van der Waals surface area contributed by atoms with Crippen molar-refractivity contribution in [2.24, 2.45) is 0 Å². The van der Waals surface area contributed by atoms with Crippen LogP contribution in [0, 0.1) is 0 Å². The molecule has 2 rings (SSSR count). The highest BCUT2D eigenvalue weighted by atomic mass is 32.2. The van der Waals surface area contributed by atoms with Crippen molar-refractivity contribution in [3.05, 3.63) is 12.7 Å². The van der Waals surface area contributed by atoms with E-state index in [1.165, 1.54) is 15.3 Å². The standard InChI is InChI=1S/C13H21N3O5S2/c1-3-7-21-13(18)15-9-10(22)8-11(15)12(17)16-6-5-14(4-2)23(16,19)20/h3,10-11,22H,1,4-9H2,2H3/t10-,11-/m0/s1. The van der Waals surface area contributed by atoms with Crippen LogP contribution in [-0.4, -0.2) is 78.0 Å². The Morgan fingerprint density at radius 3 is 2.65 bits per heavy atom. The molecule has 2 fully saturated rings. The summed E-state index contributed by atoms with van der Waals surface area (Å²) in [7, 11) is -3.80. The molecule has 0 aliphatic carbocycles. The zero-order valence-electron chi connectivity index (χ0n) is 12.9. The first-order chi connectivity index (χ1) is 10.8. The zero-order valence-corrected chi connectivity index (χ0v) is 14.6. The van der Waals surface area contributed by atoms with Crippen LogP contribution < -0.4 is 0 Å². The number of carbonyl (C=O) groups excluding carboxylic acids is 2. The molecule has 0 spiro atoms. The monoisotopic (exact) mass is 363 g/mol. The molecule has 2 aliphatic heterocycles. The van der Waals surface area contributed by atoms with Gasteiger partial charge >= 0.3 is 16.3 Å². The second-order valence-corrected chi connectivity index (χ2v) is 7.92. The molecular weight excluding hydrogens is 342 g/mol. The van der Waals surface area contributed by atoms with Crippen molar-refractivity contribution < 1.29 is 22.7 Å². The Morgan fingerprint density at radius 1 is 1.39 bits per heavy atom. The molecule has 0 N–H and O–H groups in total. The summed E-state index contributed by atoms with van der Waals surface area (Å²) in [6.07, 6.45) is 1.06.